The Hall–Kier alpha value is -0.835. The van der Waals surface area contributed by atoms with E-state index in [-0.39, 0.29) is 5.69 Å². The van der Waals surface area contributed by atoms with Crippen LogP contribution in [0.25, 0.3) is 0 Å². The molecule has 0 bridgehead atoms. The Balaban J connectivity index is 3.20. The molecule has 0 N–H and O–H groups in total. The van der Waals surface area contributed by atoms with Crippen molar-refractivity contribution in [3.05, 3.63) is 32.8 Å². The van der Waals surface area contributed by atoms with E-state index in [0.29, 0.717) is 4.47 Å². The minimum atomic E-state index is -0.413. The molecule has 0 aliphatic rings. The van der Waals surface area contributed by atoms with Gasteiger partial charge in [-0.3, -0.25) is 10.1 Å². The fourth-order valence-corrected chi connectivity index (χ4v) is 1.40. The molecule has 56 valence electrons. The lowest BCUT2D eigenvalue weighted by Gasteiger charge is -1.95. The normalized spacial score (nSPS) is 9.55. The first-order valence-electron chi connectivity index (χ1n) is 3.02. The van der Waals surface area contributed by atoms with Gasteiger partial charge in [-0.1, -0.05) is 11.5 Å². The van der Waals surface area contributed by atoms with Crippen LogP contribution in [0, 0.1) is 10.1 Å². The first-order valence-corrected chi connectivity index (χ1v) is 3.81. The maximum absolute atomic E-state index is 10.3. The molecule has 0 spiro atoms. The maximum Gasteiger partial charge on any atom is 0.283 e. The molecule has 0 atom stereocenters. The topological polar surface area (TPSA) is 43.1 Å². The van der Waals surface area contributed by atoms with E-state index < -0.39 is 4.92 Å². The Morgan fingerprint density at radius 1 is 1.55 bits per heavy atom. The summed E-state index contributed by atoms with van der Waals surface area (Å²) in [6.45, 7) is 0. The summed E-state index contributed by atoms with van der Waals surface area (Å²) in [5.74, 6) is 0. The second-order valence-corrected chi connectivity index (χ2v) is 3.07. The van der Waals surface area contributed by atoms with E-state index in [0.717, 1.165) is 5.46 Å². The van der Waals surface area contributed by atoms with Crippen molar-refractivity contribution >= 4 is 34.9 Å². The molecular formula is C6H5BBrNO2. The molecule has 0 heterocycles. The molecule has 0 unspecified atom stereocenters. The number of nitro groups is 1. The lowest BCUT2D eigenvalue weighted by Crippen LogP contribution is -2.02. The SMILES string of the molecule is Bc1ccc([N+](=O)[O-])c(Br)c1. The van der Waals surface area contributed by atoms with Gasteiger partial charge >= 0.3 is 0 Å². The average Bonchev–Trinajstić information content (AvgIpc) is 1.85. The summed E-state index contributed by atoms with van der Waals surface area (Å²) in [7, 11) is 1.88. The molecule has 0 amide bonds. The summed E-state index contributed by atoms with van der Waals surface area (Å²) in [6, 6.07) is 4.92. The van der Waals surface area contributed by atoms with E-state index in [9.17, 15) is 10.1 Å². The minimum Gasteiger partial charge on any atom is -0.258 e. The van der Waals surface area contributed by atoms with Crippen LogP contribution >= 0.6 is 15.9 Å². The van der Waals surface area contributed by atoms with Crippen molar-refractivity contribution in [2.24, 2.45) is 0 Å². The molecule has 11 heavy (non-hydrogen) atoms. The number of nitro benzene ring substituents is 1. The fourth-order valence-electron chi connectivity index (χ4n) is 0.760. The van der Waals surface area contributed by atoms with Crippen LogP contribution in [-0.2, 0) is 0 Å². The van der Waals surface area contributed by atoms with Gasteiger partial charge in [0, 0.05) is 6.07 Å². The van der Waals surface area contributed by atoms with Crippen LogP contribution < -0.4 is 5.46 Å². The predicted molar refractivity (Wildman–Crippen MR) is 49.0 cm³/mol. The van der Waals surface area contributed by atoms with Crippen LogP contribution in [0.3, 0.4) is 0 Å². The smallest absolute Gasteiger partial charge is 0.258 e. The summed E-state index contributed by atoms with van der Waals surface area (Å²) < 4.78 is 0.530. The van der Waals surface area contributed by atoms with Crippen LogP contribution in [0.4, 0.5) is 5.69 Å². The number of halogens is 1. The highest BCUT2D eigenvalue weighted by Crippen LogP contribution is 2.21. The highest BCUT2D eigenvalue weighted by molar-refractivity contribution is 9.10. The van der Waals surface area contributed by atoms with Gasteiger partial charge in [-0.05, 0) is 22.0 Å². The Morgan fingerprint density at radius 3 is 2.64 bits per heavy atom. The van der Waals surface area contributed by atoms with Crippen molar-refractivity contribution in [3.8, 4) is 0 Å². The Bertz CT molecular complexity index is 303. The van der Waals surface area contributed by atoms with E-state index in [1.54, 1.807) is 12.1 Å². The van der Waals surface area contributed by atoms with Gasteiger partial charge in [0.1, 0.15) is 7.85 Å². The molecule has 0 aliphatic carbocycles. The second-order valence-electron chi connectivity index (χ2n) is 2.21. The molecular weight excluding hydrogens is 209 g/mol. The molecule has 3 nitrogen and oxygen atoms in total. The molecule has 0 saturated carbocycles. The van der Waals surface area contributed by atoms with Crippen LogP contribution in [0.1, 0.15) is 0 Å². The first-order chi connectivity index (χ1) is 5.11. The Labute approximate surface area is 73.1 Å². The molecule has 1 aromatic carbocycles. The van der Waals surface area contributed by atoms with Crippen molar-refractivity contribution in [1.82, 2.24) is 0 Å². The Kier molecular flexibility index (Phi) is 2.29. The van der Waals surface area contributed by atoms with Gasteiger partial charge in [0.25, 0.3) is 5.69 Å². The summed E-state index contributed by atoms with van der Waals surface area (Å²) in [6.07, 6.45) is 0. The molecule has 0 aromatic heterocycles. The van der Waals surface area contributed by atoms with Gasteiger partial charge in [-0.2, -0.15) is 0 Å². The van der Waals surface area contributed by atoms with Crippen LogP contribution in [0.15, 0.2) is 22.7 Å². The number of hydrogen-bond acceptors (Lipinski definition) is 2. The average molecular weight is 214 g/mol. The van der Waals surface area contributed by atoms with Crippen molar-refractivity contribution < 1.29 is 4.92 Å². The van der Waals surface area contributed by atoms with Gasteiger partial charge in [0.15, 0.2) is 0 Å². The van der Waals surface area contributed by atoms with Crippen molar-refractivity contribution in [3.63, 3.8) is 0 Å². The van der Waals surface area contributed by atoms with Crippen molar-refractivity contribution in [1.29, 1.82) is 0 Å². The number of benzene rings is 1. The van der Waals surface area contributed by atoms with Gasteiger partial charge in [0.2, 0.25) is 0 Å². The Morgan fingerprint density at radius 2 is 2.18 bits per heavy atom. The zero-order chi connectivity index (χ0) is 8.43. The number of hydrogen-bond donors (Lipinski definition) is 0. The first kappa shape index (κ1) is 8.26. The van der Waals surface area contributed by atoms with Crippen molar-refractivity contribution in [2.45, 2.75) is 0 Å². The third kappa shape index (κ3) is 1.80. The molecule has 0 radical (unpaired) electrons. The molecule has 1 aromatic rings. The summed E-state index contributed by atoms with van der Waals surface area (Å²) in [5.41, 5.74) is 1.11. The largest absolute Gasteiger partial charge is 0.283 e. The fraction of sp³-hybridized carbons (Fsp3) is 0. The monoisotopic (exact) mass is 213 g/mol. The maximum atomic E-state index is 10.3. The molecule has 0 aliphatic heterocycles. The van der Waals surface area contributed by atoms with E-state index in [2.05, 4.69) is 15.9 Å². The number of nitrogens with zero attached hydrogens (tertiary/aromatic N) is 1. The van der Waals surface area contributed by atoms with Gasteiger partial charge < -0.3 is 0 Å². The molecule has 1 rings (SSSR count). The quantitative estimate of drug-likeness (QED) is 0.390. The van der Waals surface area contributed by atoms with Gasteiger partial charge in [-0.15, -0.1) is 0 Å². The summed E-state index contributed by atoms with van der Waals surface area (Å²) in [4.78, 5) is 9.90. The zero-order valence-corrected chi connectivity index (χ0v) is 7.46. The third-order valence-corrected chi connectivity index (χ3v) is 1.94. The van der Waals surface area contributed by atoms with Crippen LogP contribution in [-0.4, -0.2) is 12.8 Å². The van der Waals surface area contributed by atoms with E-state index in [4.69, 9.17) is 0 Å². The van der Waals surface area contributed by atoms with Gasteiger partial charge in [-0.25, -0.2) is 0 Å². The summed E-state index contributed by atoms with van der Waals surface area (Å²) >= 11 is 3.11. The van der Waals surface area contributed by atoms with E-state index in [1.807, 2.05) is 7.85 Å². The van der Waals surface area contributed by atoms with Crippen LogP contribution in [0.5, 0.6) is 0 Å². The van der Waals surface area contributed by atoms with E-state index >= 15 is 0 Å². The highest BCUT2D eigenvalue weighted by Gasteiger charge is 2.09. The minimum absolute atomic E-state index is 0.107. The third-order valence-electron chi connectivity index (χ3n) is 1.30. The second kappa shape index (κ2) is 3.05. The molecule has 5 heteroatoms. The lowest BCUT2D eigenvalue weighted by molar-refractivity contribution is -0.385. The van der Waals surface area contributed by atoms with Crippen molar-refractivity contribution in [2.75, 3.05) is 0 Å². The number of rotatable bonds is 1. The molecule has 0 fully saturated rings. The lowest BCUT2D eigenvalue weighted by atomic mass is 9.96. The van der Waals surface area contributed by atoms with Gasteiger partial charge in [0.05, 0.1) is 9.40 Å². The predicted octanol–water partition coefficient (Wildman–Crippen LogP) is 0.616. The van der Waals surface area contributed by atoms with E-state index in [1.165, 1.54) is 6.07 Å². The van der Waals surface area contributed by atoms with Crippen LogP contribution in [0.2, 0.25) is 0 Å². The standard InChI is InChI=1S/C6H5BBrNO2/c7-4-1-2-6(9(10)11)5(8)3-4/h1-3H,7H2. The zero-order valence-electron chi connectivity index (χ0n) is 5.87. The summed E-state index contributed by atoms with van der Waals surface area (Å²) in [5, 5.41) is 10.3. The molecule has 0 saturated heterocycles. The highest BCUT2D eigenvalue weighted by atomic mass is 79.9.